The summed E-state index contributed by atoms with van der Waals surface area (Å²) < 4.78 is 20.8. The molecule has 1 heterocycles. The van der Waals surface area contributed by atoms with Crippen molar-refractivity contribution < 1.29 is 28.5 Å². The van der Waals surface area contributed by atoms with Crippen molar-refractivity contribution in [1.29, 1.82) is 0 Å². The van der Waals surface area contributed by atoms with Gasteiger partial charge in [0.2, 0.25) is 11.7 Å². The highest BCUT2D eigenvalue weighted by atomic mass is 16.5. The molecule has 1 aliphatic carbocycles. The molecule has 2 aliphatic rings. The lowest BCUT2D eigenvalue weighted by molar-refractivity contribution is -0.118. The fraction of sp³-hybridized carbons (Fsp3) is 0.385. The maximum absolute atomic E-state index is 11.6. The lowest BCUT2D eigenvalue weighted by Gasteiger charge is -2.33. The molecule has 0 unspecified atom stereocenters. The van der Waals surface area contributed by atoms with Gasteiger partial charge in [-0.25, -0.2) is 0 Å². The molecule has 1 saturated heterocycles. The van der Waals surface area contributed by atoms with Crippen molar-refractivity contribution in [2.45, 2.75) is 26.7 Å². The molecule has 34 heavy (non-hydrogen) atoms. The van der Waals surface area contributed by atoms with E-state index >= 15 is 0 Å². The molecule has 8 heteroatoms. The Morgan fingerprint density at radius 1 is 0.941 bits per heavy atom. The van der Waals surface area contributed by atoms with E-state index in [0.717, 1.165) is 18.5 Å². The van der Waals surface area contributed by atoms with Crippen LogP contribution in [0.2, 0.25) is 0 Å². The van der Waals surface area contributed by atoms with E-state index in [1.165, 1.54) is 21.3 Å². The molecule has 0 spiro atoms. The molecule has 4 rings (SSSR count). The minimum Gasteiger partial charge on any atom is -0.495 e. The molecule has 2 amide bonds. The average Bonchev–Trinajstić information content (AvgIpc) is 3.73. The first-order chi connectivity index (χ1) is 16.4. The third kappa shape index (κ3) is 6.21. The number of anilines is 2. The molecular weight excluding hydrogens is 436 g/mol. The monoisotopic (exact) mass is 470 g/mol. The summed E-state index contributed by atoms with van der Waals surface area (Å²) >= 11 is 0. The Hall–Kier alpha value is -3.68. The van der Waals surface area contributed by atoms with Gasteiger partial charge in [-0.1, -0.05) is 32.6 Å². The van der Waals surface area contributed by atoms with Crippen LogP contribution in [0.1, 0.15) is 26.7 Å². The van der Waals surface area contributed by atoms with E-state index in [-0.39, 0.29) is 17.7 Å². The zero-order valence-corrected chi connectivity index (χ0v) is 20.8. The van der Waals surface area contributed by atoms with Crippen LogP contribution in [0.15, 0.2) is 48.6 Å². The van der Waals surface area contributed by atoms with Crippen LogP contribution >= 0.6 is 0 Å². The molecule has 0 aromatic heterocycles. The Labute approximate surface area is 201 Å². The molecule has 1 aliphatic heterocycles. The van der Waals surface area contributed by atoms with Crippen molar-refractivity contribution >= 4 is 23.2 Å². The summed E-state index contributed by atoms with van der Waals surface area (Å²) in [5.74, 6) is 2.52. The molecule has 2 fully saturated rings. The van der Waals surface area contributed by atoms with E-state index in [0.29, 0.717) is 40.8 Å². The third-order valence-electron chi connectivity index (χ3n) is 5.17. The zero-order valence-electron chi connectivity index (χ0n) is 20.8. The second-order valence-electron chi connectivity index (χ2n) is 7.34. The highest BCUT2D eigenvalue weighted by molar-refractivity contribution is 6.13. The number of β-lactam (4-membered cyclic amide) rings is 1. The predicted molar refractivity (Wildman–Crippen MR) is 133 cm³/mol. The maximum atomic E-state index is 11.6. The normalized spacial score (nSPS) is 13.9. The number of ether oxygens (including phenoxy) is 4. The van der Waals surface area contributed by atoms with Crippen LogP contribution < -0.4 is 29.2 Å². The summed E-state index contributed by atoms with van der Waals surface area (Å²) in [5, 5.41) is 2.86. The van der Waals surface area contributed by atoms with Gasteiger partial charge in [-0.05, 0) is 25.0 Å². The number of rotatable bonds is 7. The van der Waals surface area contributed by atoms with Gasteiger partial charge < -0.3 is 29.2 Å². The third-order valence-corrected chi connectivity index (χ3v) is 5.17. The number of carbonyl (C=O) groups is 2. The minimum atomic E-state index is -0.0794. The molecule has 2 aromatic rings. The highest BCUT2D eigenvalue weighted by Gasteiger charge is 2.31. The second-order valence-corrected chi connectivity index (χ2v) is 7.34. The van der Waals surface area contributed by atoms with Gasteiger partial charge in [0.1, 0.15) is 5.75 Å². The van der Waals surface area contributed by atoms with Gasteiger partial charge in [0.25, 0.3) is 5.91 Å². The molecule has 1 saturated carbocycles. The first kappa shape index (κ1) is 26.6. The standard InChI is InChI=1S/C13H15NO4.C11H13NO2.C2H6/c1-8-7-14(13(8)15)9-5-10(16-2)12(18-4)11(6-9)17-3;1-14-10-5-3-2-4-9(10)12-11(13)8-6-7-8;1-2/h5-6H,1,7H2,2-4H3;2-5,8H,6-7H2,1H3,(H,12,13);1-2H3. The van der Waals surface area contributed by atoms with Gasteiger partial charge in [-0.3, -0.25) is 9.59 Å². The molecule has 0 radical (unpaired) electrons. The Balaban J connectivity index is 0.000000230. The van der Waals surface area contributed by atoms with E-state index in [1.807, 2.05) is 38.1 Å². The van der Waals surface area contributed by atoms with Crippen LogP contribution in [0.4, 0.5) is 11.4 Å². The van der Waals surface area contributed by atoms with E-state index < -0.39 is 0 Å². The number of hydrogen-bond acceptors (Lipinski definition) is 6. The topological polar surface area (TPSA) is 86.3 Å². The molecule has 184 valence electrons. The predicted octanol–water partition coefficient (Wildman–Crippen LogP) is 4.69. The maximum Gasteiger partial charge on any atom is 0.255 e. The van der Waals surface area contributed by atoms with Gasteiger partial charge >= 0.3 is 0 Å². The number of benzene rings is 2. The van der Waals surface area contributed by atoms with Gasteiger partial charge in [0.05, 0.1) is 46.4 Å². The van der Waals surface area contributed by atoms with Crippen LogP contribution in [-0.4, -0.2) is 46.8 Å². The number of hydrogen-bond donors (Lipinski definition) is 1. The van der Waals surface area contributed by atoms with Gasteiger partial charge in [-0.2, -0.15) is 0 Å². The number of carbonyl (C=O) groups excluding carboxylic acids is 2. The van der Waals surface area contributed by atoms with E-state index in [4.69, 9.17) is 18.9 Å². The summed E-state index contributed by atoms with van der Waals surface area (Å²) in [5.41, 5.74) is 2.07. The summed E-state index contributed by atoms with van der Waals surface area (Å²) in [4.78, 5) is 24.7. The van der Waals surface area contributed by atoms with Crippen molar-refractivity contribution in [2.24, 2.45) is 5.92 Å². The fourth-order valence-corrected chi connectivity index (χ4v) is 3.19. The number of amides is 2. The molecule has 0 atom stereocenters. The van der Waals surface area contributed by atoms with E-state index in [2.05, 4.69) is 11.9 Å². The molecule has 0 bridgehead atoms. The quantitative estimate of drug-likeness (QED) is 0.467. The summed E-state index contributed by atoms with van der Waals surface area (Å²) in [6.07, 6.45) is 2.03. The number of nitrogens with one attached hydrogen (secondary N) is 1. The smallest absolute Gasteiger partial charge is 0.255 e. The van der Waals surface area contributed by atoms with Crippen LogP contribution in [0.5, 0.6) is 23.0 Å². The van der Waals surface area contributed by atoms with Gasteiger partial charge in [0.15, 0.2) is 11.5 Å². The first-order valence-corrected chi connectivity index (χ1v) is 11.2. The highest BCUT2D eigenvalue weighted by Crippen LogP contribution is 2.42. The Morgan fingerprint density at radius 3 is 1.94 bits per heavy atom. The van der Waals surface area contributed by atoms with Gasteiger partial charge in [0, 0.05) is 23.6 Å². The zero-order chi connectivity index (χ0) is 25.3. The number of para-hydroxylation sites is 2. The molecule has 2 aromatic carbocycles. The minimum absolute atomic E-state index is 0.0794. The molecule has 8 nitrogen and oxygen atoms in total. The van der Waals surface area contributed by atoms with Crippen LogP contribution in [-0.2, 0) is 9.59 Å². The summed E-state index contributed by atoms with van der Waals surface area (Å²) in [6.45, 7) is 8.18. The molecule has 1 N–H and O–H groups in total. The van der Waals surface area contributed by atoms with Crippen LogP contribution in [0.25, 0.3) is 0 Å². The van der Waals surface area contributed by atoms with E-state index in [9.17, 15) is 9.59 Å². The van der Waals surface area contributed by atoms with Crippen LogP contribution in [0, 0.1) is 5.92 Å². The lowest BCUT2D eigenvalue weighted by atomic mass is 10.1. The second kappa shape index (κ2) is 12.5. The van der Waals surface area contributed by atoms with Crippen molar-refractivity contribution in [3.63, 3.8) is 0 Å². The Kier molecular flexibility index (Phi) is 9.79. The van der Waals surface area contributed by atoms with E-state index in [1.54, 1.807) is 24.1 Å². The largest absolute Gasteiger partial charge is 0.495 e. The Morgan fingerprint density at radius 2 is 1.50 bits per heavy atom. The number of methoxy groups -OCH3 is 4. The first-order valence-electron chi connectivity index (χ1n) is 11.2. The van der Waals surface area contributed by atoms with Gasteiger partial charge in [-0.15, -0.1) is 0 Å². The lowest BCUT2D eigenvalue weighted by Crippen LogP contribution is -2.45. The Bertz CT molecular complexity index is 991. The molecular formula is C26H34N2O6. The average molecular weight is 471 g/mol. The summed E-state index contributed by atoms with van der Waals surface area (Å²) in [7, 11) is 6.22. The van der Waals surface area contributed by atoms with Crippen molar-refractivity contribution in [3.05, 3.63) is 48.6 Å². The summed E-state index contributed by atoms with van der Waals surface area (Å²) in [6, 6.07) is 10.9. The SMILES string of the molecule is C=C1CN(c2cc(OC)c(OC)c(OC)c2)C1=O.CC.COc1ccccc1NC(=O)C1CC1. The van der Waals surface area contributed by atoms with Crippen LogP contribution in [0.3, 0.4) is 0 Å². The number of nitrogens with zero attached hydrogens (tertiary/aromatic N) is 1. The fourth-order valence-electron chi connectivity index (χ4n) is 3.19. The van der Waals surface area contributed by atoms with Crippen molar-refractivity contribution in [1.82, 2.24) is 0 Å². The van der Waals surface area contributed by atoms with Crippen molar-refractivity contribution in [3.8, 4) is 23.0 Å². The van der Waals surface area contributed by atoms with Crippen molar-refractivity contribution in [2.75, 3.05) is 45.2 Å².